The molecule has 16 heavy (non-hydrogen) atoms. The summed E-state index contributed by atoms with van der Waals surface area (Å²) in [5.74, 6) is 0.885. The Labute approximate surface area is 92.5 Å². The predicted octanol–water partition coefficient (Wildman–Crippen LogP) is 1.56. The van der Waals surface area contributed by atoms with Crippen molar-refractivity contribution in [3.05, 3.63) is 6.07 Å². The molecule has 0 aromatic carbocycles. The number of nitrogens with one attached hydrogen (secondary N) is 2. The summed E-state index contributed by atoms with van der Waals surface area (Å²) in [4.78, 5) is 7.72. The number of aromatic nitrogens is 2. The predicted molar refractivity (Wildman–Crippen MR) is 59.7 cm³/mol. The van der Waals surface area contributed by atoms with E-state index in [1.54, 1.807) is 6.07 Å². The molecule has 7 heteroatoms. The van der Waals surface area contributed by atoms with Gasteiger partial charge in [-0.05, 0) is 6.42 Å². The number of hydrogen-bond donors (Lipinski definition) is 3. The van der Waals surface area contributed by atoms with Gasteiger partial charge in [0.2, 0.25) is 5.95 Å². The van der Waals surface area contributed by atoms with Gasteiger partial charge < -0.3 is 16.4 Å². The first kappa shape index (κ1) is 12.4. The summed E-state index contributed by atoms with van der Waals surface area (Å²) in [6, 6.07) is 1.55. The maximum absolute atomic E-state index is 12.0. The Morgan fingerprint density at radius 2 is 1.94 bits per heavy atom. The normalized spacial score (nSPS) is 10.5. The van der Waals surface area contributed by atoms with E-state index in [9.17, 15) is 8.78 Å². The summed E-state index contributed by atoms with van der Waals surface area (Å²) in [7, 11) is 0. The minimum Gasteiger partial charge on any atom is -0.370 e. The van der Waals surface area contributed by atoms with Crippen LogP contribution in [0.15, 0.2) is 6.07 Å². The van der Waals surface area contributed by atoms with Crippen LogP contribution in [0, 0.1) is 0 Å². The Kier molecular flexibility index (Phi) is 4.68. The van der Waals surface area contributed by atoms with Crippen LogP contribution >= 0.6 is 0 Å². The molecule has 1 aromatic rings. The molecule has 1 rings (SSSR count). The Morgan fingerprint density at radius 1 is 1.31 bits per heavy atom. The van der Waals surface area contributed by atoms with Gasteiger partial charge in [0.25, 0.3) is 6.43 Å². The van der Waals surface area contributed by atoms with Gasteiger partial charge >= 0.3 is 0 Å². The van der Waals surface area contributed by atoms with Gasteiger partial charge in [0.1, 0.15) is 11.6 Å². The molecule has 90 valence electrons. The molecule has 0 aliphatic rings. The zero-order chi connectivity index (χ0) is 12.0. The monoisotopic (exact) mass is 231 g/mol. The standard InChI is InChI=1S/C9H15F2N5/c1-2-3-13-7-4-8(14-5-6(10)11)16-9(12)15-7/h4,6H,2-3,5H2,1H3,(H4,12,13,14,15,16). The molecular formula is C9H15F2N5. The van der Waals surface area contributed by atoms with Crippen LogP contribution < -0.4 is 16.4 Å². The number of halogens is 2. The molecule has 0 atom stereocenters. The summed E-state index contributed by atoms with van der Waals surface area (Å²) in [6.07, 6.45) is -1.49. The molecule has 1 heterocycles. The zero-order valence-corrected chi connectivity index (χ0v) is 9.00. The molecule has 0 bridgehead atoms. The fourth-order valence-corrected chi connectivity index (χ4v) is 1.08. The highest BCUT2D eigenvalue weighted by Crippen LogP contribution is 2.12. The van der Waals surface area contributed by atoms with Crippen LogP contribution in [0.3, 0.4) is 0 Å². The van der Waals surface area contributed by atoms with Gasteiger partial charge in [-0.2, -0.15) is 9.97 Å². The van der Waals surface area contributed by atoms with Crippen LogP contribution in [0.1, 0.15) is 13.3 Å². The molecule has 0 aliphatic carbocycles. The van der Waals surface area contributed by atoms with Crippen molar-refractivity contribution in [1.29, 1.82) is 0 Å². The number of anilines is 3. The highest BCUT2D eigenvalue weighted by molar-refractivity contribution is 5.50. The average Bonchev–Trinajstić information content (AvgIpc) is 2.23. The van der Waals surface area contributed by atoms with E-state index in [1.165, 1.54) is 0 Å². The van der Waals surface area contributed by atoms with Gasteiger partial charge in [0.05, 0.1) is 6.54 Å². The van der Waals surface area contributed by atoms with Crippen molar-refractivity contribution in [2.45, 2.75) is 19.8 Å². The fraction of sp³-hybridized carbons (Fsp3) is 0.556. The molecule has 0 aliphatic heterocycles. The van der Waals surface area contributed by atoms with Crippen molar-refractivity contribution in [2.24, 2.45) is 0 Å². The van der Waals surface area contributed by atoms with Crippen LogP contribution in [0.2, 0.25) is 0 Å². The van der Waals surface area contributed by atoms with Gasteiger partial charge in [0.15, 0.2) is 0 Å². The molecule has 0 amide bonds. The van der Waals surface area contributed by atoms with E-state index in [4.69, 9.17) is 5.73 Å². The second kappa shape index (κ2) is 6.04. The van der Waals surface area contributed by atoms with E-state index in [-0.39, 0.29) is 5.95 Å². The van der Waals surface area contributed by atoms with Crippen LogP contribution in [-0.2, 0) is 0 Å². The Hall–Kier alpha value is -1.66. The first-order valence-electron chi connectivity index (χ1n) is 5.02. The highest BCUT2D eigenvalue weighted by Gasteiger charge is 2.05. The van der Waals surface area contributed by atoms with Crippen molar-refractivity contribution in [3.8, 4) is 0 Å². The molecule has 0 unspecified atom stereocenters. The minimum atomic E-state index is -2.43. The van der Waals surface area contributed by atoms with Gasteiger partial charge in [-0.25, -0.2) is 8.78 Å². The van der Waals surface area contributed by atoms with Gasteiger partial charge in [-0.15, -0.1) is 0 Å². The number of nitrogens with two attached hydrogens (primary N) is 1. The lowest BCUT2D eigenvalue weighted by atomic mass is 10.4. The summed E-state index contributed by atoms with van der Waals surface area (Å²) >= 11 is 0. The van der Waals surface area contributed by atoms with Crippen molar-refractivity contribution in [1.82, 2.24) is 9.97 Å². The summed E-state index contributed by atoms with van der Waals surface area (Å²) < 4.78 is 23.9. The smallest absolute Gasteiger partial charge is 0.255 e. The third kappa shape index (κ3) is 4.24. The van der Waals surface area contributed by atoms with E-state index in [2.05, 4.69) is 20.6 Å². The molecule has 0 fully saturated rings. The summed E-state index contributed by atoms with van der Waals surface area (Å²) in [5.41, 5.74) is 5.45. The number of nitrogens with zero attached hydrogens (tertiary/aromatic N) is 2. The maximum atomic E-state index is 12.0. The topological polar surface area (TPSA) is 75.9 Å². The largest absolute Gasteiger partial charge is 0.370 e. The molecular weight excluding hydrogens is 216 g/mol. The van der Waals surface area contributed by atoms with E-state index >= 15 is 0 Å². The van der Waals surface area contributed by atoms with Gasteiger partial charge in [-0.1, -0.05) is 6.92 Å². The fourth-order valence-electron chi connectivity index (χ4n) is 1.08. The number of alkyl halides is 2. The van der Waals surface area contributed by atoms with Crippen molar-refractivity contribution in [2.75, 3.05) is 29.5 Å². The second-order valence-electron chi connectivity index (χ2n) is 3.20. The van der Waals surface area contributed by atoms with Crippen molar-refractivity contribution < 1.29 is 8.78 Å². The van der Waals surface area contributed by atoms with E-state index < -0.39 is 13.0 Å². The lowest BCUT2D eigenvalue weighted by Crippen LogP contribution is -2.13. The number of rotatable bonds is 6. The minimum absolute atomic E-state index is 0.0536. The number of hydrogen-bond acceptors (Lipinski definition) is 5. The molecule has 0 radical (unpaired) electrons. The molecule has 4 N–H and O–H groups in total. The van der Waals surface area contributed by atoms with E-state index in [0.717, 1.165) is 13.0 Å². The molecule has 1 aromatic heterocycles. The molecule has 0 saturated heterocycles. The third-order valence-corrected chi connectivity index (χ3v) is 1.74. The first-order chi connectivity index (χ1) is 7.61. The highest BCUT2D eigenvalue weighted by atomic mass is 19.3. The van der Waals surface area contributed by atoms with E-state index in [0.29, 0.717) is 11.6 Å². The number of nitrogen functional groups attached to an aromatic ring is 1. The Morgan fingerprint density at radius 3 is 2.50 bits per heavy atom. The molecule has 0 spiro atoms. The maximum Gasteiger partial charge on any atom is 0.255 e. The Bertz CT molecular complexity index is 332. The van der Waals surface area contributed by atoms with Crippen molar-refractivity contribution >= 4 is 17.6 Å². The summed E-state index contributed by atoms with van der Waals surface area (Å²) in [5, 5.41) is 5.49. The third-order valence-electron chi connectivity index (χ3n) is 1.74. The quantitative estimate of drug-likeness (QED) is 0.692. The van der Waals surface area contributed by atoms with Crippen molar-refractivity contribution in [3.63, 3.8) is 0 Å². The Balaban J connectivity index is 2.65. The average molecular weight is 231 g/mol. The van der Waals surface area contributed by atoms with Crippen LogP contribution in [0.4, 0.5) is 26.4 Å². The van der Waals surface area contributed by atoms with Gasteiger partial charge in [0, 0.05) is 12.6 Å². The van der Waals surface area contributed by atoms with E-state index in [1.807, 2.05) is 6.92 Å². The van der Waals surface area contributed by atoms with Crippen LogP contribution in [0.25, 0.3) is 0 Å². The lowest BCUT2D eigenvalue weighted by molar-refractivity contribution is 0.163. The van der Waals surface area contributed by atoms with Crippen LogP contribution in [-0.4, -0.2) is 29.5 Å². The second-order valence-corrected chi connectivity index (χ2v) is 3.20. The van der Waals surface area contributed by atoms with Crippen LogP contribution in [0.5, 0.6) is 0 Å². The summed E-state index contributed by atoms with van der Waals surface area (Å²) in [6.45, 7) is 2.29. The zero-order valence-electron chi connectivity index (χ0n) is 9.00. The lowest BCUT2D eigenvalue weighted by Gasteiger charge is -2.08. The molecule has 0 saturated carbocycles. The molecule has 5 nitrogen and oxygen atoms in total. The first-order valence-corrected chi connectivity index (χ1v) is 5.02. The van der Waals surface area contributed by atoms with Gasteiger partial charge in [-0.3, -0.25) is 0 Å². The SMILES string of the molecule is CCCNc1cc(NCC(F)F)nc(N)n1.